The van der Waals surface area contributed by atoms with E-state index in [4.69, 9.17) is 10.5 Å². The number of nitrogens with zero attached hydrogens (tertiary/aromatic N) is 6. The molecule has 3 unspecified atom stereocenters. The van der Waals surface area contributed by atoms with Crippen LogP contribution in [0, 0.1) is 0 Å². The van der Waals surface area contributed by atoms with Crippen molar-refractivity contribution in [2.24, 2.45) is 0 Å². The van der Waals surface area contributed by atoms with E-state index in [0.717, 1.165) is 17.2 Å². The number of ether oxygens (including phenoxy) is 1. The second-order valence-corrected chi connectivity index (χ2v) is 9.28. The van der Waals surface area contributed by atoms with Crippen molar-refractivity contribution in [3.05, 3.63) is 29.8 Å². The Bertz CT molecular complexity index is 1210. The smallest absolute Gasteiger partial charge is 0.273 e. The van der Waals surface area contributed by atoms with Gasteiger partial charge in [0.25, 0.3) is 18.3 Å². The van der Waals surface area contributed by atoms with Crippen molar-refractivity contribution in [3.63, 3.8) is 0 Å². The summed E-state index contributed by atoms with van der Waals surface area (Å²) in [6.45, 7) is 3.69. The maximum atomic E-state index is 15.0. The highest BCUT2D eigenvalue weighted by Gasteiger charge is 2.51. The fourth-order valence-electron chi connectivity index (χ4n) is 4.59. The normalized spacial score (nSPS) is 25.0. The van der Waals surface area contributed by atoms with E-state index in [1.807, 2.05) is 0 Å². The molecule has 2 fully saturated rings. The summed E-state index contributed by atoms with van der Waals surface area (Å²) in [5.74, 6) is -7.98. The summed E-state index contributed by atoms with van der Waals surface area (Å²) in [6.07, 6.45) is -2.97. The monoisotopic (exact) mass is 547 g/mol. The van der Waals surface area contributed by atoms with Gasteiger partial charge in [0.05, 0.1) is 43.7 Å². The molecule has 15 heteroatoms. The summed E-state index contributed by atoms with van der Waals surface area (Å²) in [5, 5.41) is 9.66. The fraction of sp³-hybridized carbons (Fsp3) is 0.565. The van der Waals surface area contributed by atoms with Crippen molar-refractivity contribution in [2.75, 3.05) is 28.7 Å². The van der Waals surface area contributed by atoms with Gasteiger partial charge in [0.15, 0.2) is 5.82 Å². The first-order chi connectivity index (χ1) is 17.8. The van der Waals surface area contributed by atoms with Crippen LogP contribution >= 0.6 is 0 Å². The Hall–Kier alpha value is -3.36. The van der Waals surface area contributed by atoms with Gasteiger partial charge in [-0.05, 0) is 19.9 Å². The van der Waals surface area contributed by atoms with Crippen LogP contribution in [0.5, 0.6) is 0 Å². The van der Waals surface area contributed by atoms with Crippen LogP contribution in [0.2, 0.25) is 0 Å². The lowest BCUT2D eigenvalue weighted by molar-refractivity contribution is -0.0771. The minimum absolute atomic E-state index is 0.0261. The molecule has 0 aromatic carbocycles. The molecule has 2 aliphatic rings. The molecule has 0 amide bonds. The number of nitrogens with two attached hydrogens (primary N) is 1. The van der Waals surface area contributed by atoms with E-state index in [0.29, 0.717) is 6.26 Å². The number of halogens is 6. The number of aliphatic hydroxyl groups excluding tert-OH is 1. The van der Waals surface area contributed by atoms with E-state index in [1.165, 1.54) is 18.7 Å². The Morgan fingerprint density at radius 3 is 2.53 bits per heavy atom. The minimum Gasteiger partial charge on any atom is -0.514 e. The average molecular weight is 548 g/mol. The molecule has 3 atom stereocenters. The fourth-order valence-corrected chi connectivity index (χ4v) is 4.59. The molecular weight excluding hydrogens is 520 g/mol. The van der Waals surface area contributed by atoms with E-state index in [1.54, 1.807) is 6.92 Å². The molecule has 2 aromatic rings. The van der Waals surface area contributed by atoms with Crippen molar-refractivity contribution in [3.8, 4) is 11.4 Å². The van der Waals surface area contributed by atoms with E-state index < -0.39 is 66.6 Å². The molecule has 0 bridgehead atoms. The third-order valence-corrected chi connectivity index (χ3v) is 6.77. The van der Waals surface area contributed by atoms with Gasteiger partial charge in [-0.15, -0.1) is 0 Å². The number of alkyl halides is 6. The Labute approximate surface area is 214 Å². The molecule has 2 aromatic heterocycles. The molecule has 2 aliphatic heterocycles. The van der Waals surface area contributed by atoms with Crippen LogP contribution in [-0.2, 0) is 4.74 Å². The van der Waals surface area contributed by atoms with Crippen LogP contribution in [0.4, 0.5) is 44.1 Å². The van der Waals surface area contributed by atoms with E-state index >= 15 is 0 Å². The predicted molar refractivity (Wildman–Crippen MR) is 126 cm³/mol. The van der Waals surface area contributed by atoms with Gasteiger partial charge in [0.1, 0.15) is 11.9 Å². The second kappa shape index (κ2) is 10.1. The highest BCUT2D eigenvalue weighted by Crippen LogP contribution is 2.43. The standard InChI is InChI=1S/C23H27F6N7O2/c1-4-22(26,27)16-10-38-9-11(2)35(16)20-32-19(15-7-31-17(30)5-14(15)18(24)25)33-21(34-20)36-12(3)23(28,29)6-13(36)8-37/h5,7-8,11-12,16,18,37H,4,6,9-10H2,1-3H3,(H2,30,31)/b13-8+. The zero-order valence-electron chi connectivity index (χ0n) is 20.8. The van der Waals surface area contributed by atoms with Gasteiger partial charge in [-0.1, -0.05) is 6.92 Å². The van der Waals surface area contributed by atoms with Crippen LogP contribution in [0.1, 0.15) is 45.6 Å². The van der Waals surface area contributed by atoms with Gasteiger partial charge >= 0.3 is 0 Å². The van der Waals surface area contributed by atoms with Crippen molar-refractivity contribution < 1.29 is 36.2 Å². The quantitative estimate of drug-likeness (QED) is 0.392. The number of pyridine rings is 1. The zero-order valence-corrected chi connectivity index (χ0v) is 20.8. The first-order valence-electron chi connectivity index (χ1n) is 11.8. The van der Waals surface area contributed by atoms with Crippen LogP contribution in [0.25, 0.3) is 11.4 Å². The number of aliphatic hydroxyl groups is 1. The zero-order chi connectivity index (χ0) is 28.0. The third-order valence-electron chi connectivity index (χ3n) is 6.77. The lowest BCUT2D eigenvalue weighted by Crippen LogP contribution is -2.59. The van der Waals surface area contributed by atoms with E-state index in [-0.39, 0.29) is 36.2 Å². The van der Waals surface area contributed by atoms with Crippen LogP contribution < -0.4 is 15.5 Å². The number of hydrogen-bond acceptors (Lipinski definition) is 9. The van der Waals surface area contributed by atoms with E-state index in [2.05, 4.69) is 19.9 Å². The van der Waals surface area contributed by atoms with E-state index in [9.17, 15) is 31.4 Å². The number of morpholine rings is 1. The van der Waals surface area contributed by atoms with Gasteiger partial charge < -0.3 is 25.4 Å². The molecule has 0 radical (unpaired) electrons. The Morgan fingerprint density at radius 2 is 1.89 bits per heavy atom. The summed E-state index contributed by atoms with van der Waals surface area (Å²) in [6, 6.07) is -2.87. The Kier molecular flexibility index (Phi) is 7.34. The molecule has 9 nitrogen and oxygen atoms in total. The molecule has 2 saturated heterocycles. The predicted octanol–water partition coefficient (Wildman–Crippen LogP) is 4.73. The topological polar surface area (TPSA) is 114 Å². The van der Waals surface area contributed by atoms with Crippen molar-refractivity contribution in [1.82, 2.24) is 19.9 Å². The lowest BCUT2D eigenvalue weighted by atomic mass is 10.0. The number of aromatic nitrogens is 4. The van der Waals surface area contributed by atoms with Crippen LogP contribution in [0.3, 0.4) is 0 Å². The first-order valence-corrected chi connectivity index (χ1v) is 11.8. The second-order valence-electron chi connectivity index (χ2n) is 9.28. The van der Waals surface area contributed by atoms with Crippen molar-refractivity contribution in [1.29, 1.82) is 0 Å². The SMILES string of the molecule is CCC(F)(F)C1COCC(C)N1c1nc(-c2cnc(N)cc2C(F)F)nc(N2/C(=C/O)CC(F)(F)C2C)n1. The summed E-state index contributed by atoms with van der Waals surface area (Å²) < 4.78 is 92.4. The van der Waals surface area contributed by atoms with Gasteiger partial charge in [-0.3, -0.25) is 0 Å². The van der Waals surface area contributed by atoms with Crippen LogP contribution in [-0.4, -0.2) is 68.2 Å². The molecule has 0 saturated carbocycles. The molecule has 0 aliphatic carbocycles. The molecule has 38 heavy (non-hydrogen) atoms. The average Bonchev–Trinajstić information content (AvgIpc) is 3.11. The maximum Gasteiger partial charge on any atom is 0.273 e. The highest BCUT2D eigenvalue weighted by atomic mass is 19.3. The van der Waals surface area contributed by atoms with Gasteiger partial charge in [-0.2, -0.15) is 15.0 Å². The number of allylic oxidation sites excluding steroid dienone is 1. The van der Waals surface area contributed by atoms with Crippen LogP contribution in [0.15, 0.2) is 24.2 Å². The number of nitrogen functional groups attached to an aromatic ring is 1. The Balaban J connectivity index is 1.97. The summed E-state index contributed by atoms with van der Waals surface area (Å²) >= 11 is 0. The Morgan fingerprint density at radius 1 is 1.21 bits per heavy atom. The first kappa shape index (κ1) is 27.7. The number of rotatable bonds is 6. The van der Waals surface area contributed by atoms with Crippen molar-refractivity contribution >= 4 is 17.7 Å². The van der Waals surface area contributed by atoms with Crippen molar-refractivity contribution in [2.45, 2.75) is 70.0 Å². The van der Waals surface area contributed by atoms with Gasteiger partial charge in [-0.25, -0.2) is 31.3 Å². The molecule has 0 spiro atoms. The molecule has 3 N–H and O–H groups in total. The summed E-state index contributed by atoms with van der Waals surface area (Å²) in [7, 11) is 0. The molecule has 208 valence electrons. The summed E-state index contributed by atoms with van der Waals surface area (Å²) in [4.78, 5) is 18.6. The maximum absolute atomic E-state index is 15.0. The van der Waals surface area contributed by atoms with Gasteiger partial charge in [0.2, 0.25) is 11.9 Å². The number of hydrogen-bond donors (Lipinski definition) is 2. The number of anilines is 3. The minimum atomic E-state index is -3.30. The highest BCUT2D eigenvalue weighted by molar-refractivity contribution is 5.65. The summed E-state index contributed by atoms with van der Waals surface area (Å²) in [5.41, 5.74) is 4.45. The molecular formula is C23H27F6N7O2. The van der Waals surface area contributed by atoms with Gasteiger partial charge in [0, 0.05) is 23.7 Å². The largest absolute Gasteiger partial charge is 0.514 e. The third kappa shape index (κ3) is 4.90. The molecule has 4 rings (SSSR count). The molecule has 4 heterocycles. The lowest BCUT2D eigenvalue weighted by Gasteiger charge is -2.43.